The number of nitrogens with zero attached hydrogens (tertiary/aromatic N) is 4. The van der Waals surface area contributed by atoms with Gasteiger partial charge in [0.15, 0.2) is 5.84 Å². The van der Waals surface area contributed by atoms with Crippen LogP contribution < -0.4 is 0 Å². The van der Waals surface area contributed by atoms with Gasteiger partial charge in [0.2, 0.25) is 0 Å². The smallest absolute Gasteiger partial charge is 0.153 e. The van der Waals surface area contributed by atoms with E-state index < -0.39 is 5.83 Å². The quantitative estimate of drug-likeness (QED) is 0.0633. The highest BCUT2D eigenvalue weighted by atomic mass is 19.1. The minimum atomic E-state index is -0.391. The van der Waals surface area contributed by atoms with Crippen LogP contribution in [0.3, 0.4) is 0 Å². The van der Waals surface area contributed by atoms with Gasteiger partial charge >= 0.3 is 0 Å². The van der Waals surface area contributed by atoms with Crippen molar-refractivity contribution in [3.63, 3.8) is 0 Å². The molecule has 0 fully saturated rings. The van der Waals surface area contributed by atoms with E-state index in [1.165, 1.54) is 41.2 Å². The number of allylic oxidation sites excluding steroid dienone is 7. The van der Waals surface area contributed by atoms with E-state index in [1.807, 2.05) is 6.92 Å². The molecule has 184 valence electrons. The molecule has 34 heavy (non-hydrogen) atoms. The van der Waals surface area contributed by atoms with Crippen molar-refractivity contribution >= 4 is 24.6 Å². The van der Waals surface area contributed by atoms with Crippen LogP contribution in [0, 0.1) is 0 Å². The van der Waals surface area contributed by atoms with E-state index in [4.69, 9.17) is 9.47 Å². The van der Waals surface area contributed by atoms with Gasteiger partial charge in [-0.1, -0.05) is 37.3 Å². The molecular formula is C26H35FN4O3. The number of rotatable bonds is 15. The van der Waals surface area contributed by atoms with Crippen LogP contribution in [0.15, 0.2) is 87.0 Å². The lowest BCUT2D eigenvalue weighted by Gasteiger charge is -2.13. The zero-order chi connectivity index (χ0) is 25.0. The van der Waals surface area contributed by atoms with Gasteiger partial charge in [-0.15, -0.1) is 0 Å². The van der Waals surface area contributed by atoms with Crippen LogP contribution in [-0.4, -0.2) is 63.5 Å². The lowest BCUT2D eigenvalue weighted by Crippen LogP contribution is -2.07. The third-order valence-corrected chi connectivity index (χ3v) is 4.69. The number of hydrogen-bond donors (Lipinski definition) is 0. The topological polar surface area (TPSA) is 75.9 Å². The zero-order valence-electron chi connectivity index (χ0n) is 20.3. The lowest BCUT2D eigenvalue weighted by atomic mass is 9.97. The normalized spacial score (nSPS) is 15.8. The molecule has 1 aliphatic carbocycles. The number of amidine groups is 1. The van der Waals surface area contributed by atoms with Crippen molar-refractivity contribution in [3.05, 3.63) is 71.9 Å². The number of aldehydes is 1. The fraction of sp³-hybridized carbons (Fsp3) is 0.385. The summed E-state index contributed by atoms with van der Waals surface area (Å²) < 4.78 is 24.5. The van der Waals surface area contributed by atoms with Crippen LogP contribution in [-0.2, 0) is 14.3 Å². The average Bonchev–Trinajstić information content (AvgIpc) is 2.86. The third-order valence-electron chi connectivity index (χ3n) is 4.69. The number of carbonyl (C=O) groups excluding carboxylic acids is 1. The number of aliphatic imine (C=N–C) groups is 2. The van der Waals surface area contributed by atoms with Gasteiger partial charge in [-0.25, -0.2) is 14.4 Å². The predicted molar refractivity (Wildman–Crippen MR) is 138 cm³/mol. The fourth-order valence-electron chi connectivity index (χ4n) is 2.91. The van der Waals surface area contributed by atoms with Crippen molar-refractivity contribution < 1.29 is 18.7 Å². The molecule has 0 saturated heterocycles. The van der Waals surface area contributed by atoms with Crippen molar-refractivity contribution in [2.24, 2.45) is 15.1 Å². The monoisotopic (exact) mass is 470 g/mol. The molecule has 7 nitrogen and oxygen atoms in total. The molecule has 0 unspecified atom stereocenters. The Kier molecular flexibility index (Phi) is 15.4. The van der Waals surface area contributed by atoms with Crippen molar-refractivity contribution in [2.75, 3.05) is 34.0 Å². The maximum absolute atomic E-state index is 14.2. The largest absolute Gasteiger partial charge is 0.382 e. The van der Waals surface area contributed by atoms with Gasteiger partial charge in [0.1, 0.15) is 12.1 Å². The maximum atomic E-state index is 14.2. The molecule has 0 bridgehead atoms. The van der Waals surface area contributed by atoms with Crippen molar-refractivity contribution in [1.29, 1.82) is 0 Å². The molecule has 0 heterocycles. The van der Waals surface area contributed by atoms with E-state index in [0.717, 1.165) is 18.4 Å². The summed E-state index contributed by atoms with van der Waals surface area (Å²) in [6.45, 7) is 6.91. The Balaban J connectivity index is 2.81. The summed E-state index contributed by atoms with van der Waals surface area (Å²) in [4.78, 5) is 19.4. The second-order valence-electron chi connectivity index (χ2n) is 7.03. The summed E-state index contributed by atoms with van der Waals surface area (Å²) in [6.07, 6.45) is 18.1. The second-order valence-corrected chi connectivity index (χ2v) is 7.03. The van der Waals surface area contributed by atoms with E-state index in [2.05, 4.69) is 33.8 Å². The number of halogens is 1. The summed E-state index contributed by atoms with van der Waals surface area (Å²) in [5, 5.41) is 5.71. The van der Waals surface area contributed by atoms with Gasteiger partial charge in [-0.05, 0) is 37.0 Å². The molecule has 0 aliphatic heterocycles. The van der Waals surface area contributed by atoms with Crippen molar-refractivity contribution in [2.45, 2.75) is 32.6 Å². The molecular weight excluding hydrogens is 435 g/mol. The summed E-state index contributed by atoms with van der Waals surface area (Å²) in [5.41, 5.74) is 2.62. The molecule has 0 atom stereocenters. The molecule has 0 radical (unpaired) electrons. The molecule has 1 rings (SSSR count). The van der Waals surface area contributed by atoms with Crippen molar-refractivity contribution in [1.82, 2.24) is 5.01 Å². The number of carbonyl (C=O) groups is 1. The van der Waals surface area contributed by atoms with E-state index >= 15 is 0 Å². The van der Waals surface area contributed by atoms with Crippen LogP contribution >= 0.6 is 0 Å². The maximum Gasteiger partial charge on any atom is 0.153 e. The minimum absolute atomic E-state index is 0.388. The molecule has 0 spiro atoms. The SMILES string of the molecule is C=C/C(CC)=C(F)\C=C\N(/C=C\C=O)/N=C/CC1=CC(C(N=CCOCCOC)=NC)=CCC1. The Morgan fingerprint density at radius 1 is 1.29 bits per heavy atom. The Morgan fingerprint density at radius 3 is 2.79 bits per heavy atom. The van der Waals surface area contributed by atoms with Crippen LogP contribution in [0.25, 0.3) is 0 Å². The Labute approximate surface area is 202 Å². The van der Waals surface area contributed by atoms with Crippen molar-refractivity contribution in [3.8, 4) is 0 Å². The summed E-state index contributed by atoms with van der Waals surface area (Å²) >= 11 is 0. The first kappa shape index (κ1) is 28.8. The molecule has 0 saturated carbocycles. The van der Waals surface area contributed by atoms with Gasteiger partial charge < -0.3 is 9.47 Å². The van der Waals surface area contributed by atoms with Crippen LogP contribution in [0.1, 0.15) is 32.6 Å². The number of hydrazone groups is 1. The van der Waals surface area contributed by atoms with E-state index in [1.54, 1.807) is 26.6 Å². The molecule has 0 N–H and O–H groups in total. The number of methoxy groups -OCH3 is 1. The lowest BCUT2D eigenvalue weighted by molar-refractivity contribution is -0.104. The van der Waals surface area contributed by atoms with Gasteiger partial charge in [-0.3, -0.25) is 9.79 Å². The first-order valence-corrected chi connectivity index (χ1v) is 11.2. The molecule has 1 aliphatic rings. The van der Waals surface area contributed by atoms with Crippen LogP contribution in [0.5, 0.6) is 0 Å². The van der Waals surface area contributed by atoms with E-state index in [-0.39, 0.29) is 0 Å². The van der Waals surface area contributed by atoms with E-state index in [0.29, 0.717) is 50.4 Å². The van der Waals surface area contributed by atoms with Gasteiger partial charge in [0.25, 0.3) is 0 Å². The van der Waals surface area contributed by atoms with Gasteiger partial charge in [-0.2, -0.15) is 5.10 Å². The molecule has 0 aromatic rings. The highest BCUT2D eigenvalue weighted by Gasteiger charge is 2.09. The average molecular weight is 471 g/mol. The Morgan fingerprint density at radius 2 is 2.12 bits per heavy atom. The zero-order valence-corrected chi connectivity index (χ0v) is 20.3. The molecule has 0 amide bonds. The highest BCUT2D eigenvalue weighted by Crippen LogP contribution is 2.21. The number of ether oxygens (including phenoxy) is 2. The fourth-order valence-corrected chi connectivity index (χ4v) is 2.91. The van der Waals surface area contributed by atoms with Crippen LogP contribution in [0.4, 0.5) is 4.39 Å². The second kappa shape index (κ2) is 18.2. The van der Waals surface area contributed by atoms with Gasteiger partial charge in [0, 0.05) is 51.0 Å². The highest BCUT2D eigenvalue weighted by molar-refractivity contribution is 6.05. The summed E-state index contributed by atoms with van der Waals surface area (Å²) in [7, 11) is 3.33. The van der Waals surface area contributed by atoms with E-state index in [9.17, 15) is 9.18 Å². The summed E-state index contributed by atoms with van der Waals surface area (Å²) in [6, 6.07) is 0. The number of hydrogen-bond acceptors (Lipinski definition) is 6. The first-order valence-electron chi connectivity index (χ1n) is 11.2. The minimum Gasteiger partial charge on any atom is -0.382 e. The Bertz CT molecular complexity index is 896. The molecule has 0 aromatic heterocycles. The van der Waals surface area contributed by atoms with Crippen LogP contribution in [0.2, 0.25) is 0 Å². The predicted octanol–water partition coefficient (Wildman–Crippen LogP) is 5.12. The van der Waals surface area contributed by atoms with Gasteiger partial charge in [0.05, 0.1) is 19.8 Å². The Hall–Kier alpha value is -3.23. The standard InChI is InChI=1S/C26H35FN4O3/c1-5-23(6-2)25(27)12-16-31(15-8-17-32)30-13-11-22-9-7-10-24(21-22)26(28-3)29-14-18-34-20-19-33-4/h5,8,10,12-17,21H,1,6-7,9,11,18-20H2,2-4H3/b15-8-,16-12+,25-23-,28-26?,29-14?,30-13+. The molecule has 0 aromatic carbocycles. The third kappa shape index (κ3) is 11.6. The molecule has 8 heteroatoms. The first-order chi connectivity index (χ1) is 16.6. The summed E-state index contributed by atoms with van der Waals surface area (Å²) in [5.74, 6) is 0.247.